The molecule has 0 aliphatic carbocycles. The molecule has 1 unspecified atom stereocenters. The van der Waals surface area contributed by atoms with Gasteiger partial charge in [-0.1, -0.05) is 88.9 Å². The molecule has 1 N–H and O–H groups in total. The van der Waals surface area contributed by atoms with Crippen LogP contribution >= 0.6 is 0 Å². The lowest BCUT2D eigenvalue weighted by atomic mass is 9.87. The van der Waals surface area contributed by atoms with E-state index in [0.717, 1.165) is 35.7 Å². The van der Waals surface area contributed by atoms with E-state index in [-0.39, 0.29) is 5.78 Å². The van der Waals surface area contributed by atoms with Crippen molar-refractivity contribution in [1.29, 1.82) is 0 Å². The van der Waals surface area contributed by atoms with Gasteiger partial charge >= 0.3 is 0 Å². The summed E-state index contributed by atoms with van der Waals surface area (Å²) in [5.74, 6) is 1.62. The molecule has 3 rings (SSSR count). The number of rotatable bonds is 13. The van der Waals surface area contributed by atoms with Gasteiger partial charge in [0.15, 0.2) is 5.78 Å². The van der Waals surface area contributed by atoms with E-state index in [1.807, 2.05) is 30.5 Å². The molecule has 0 saturated heterocycles. The number of unbranched alkanes of at least 4 members (excludes halogenated alkanes) is 3. The molecule has 2 nitrogen and oxygen atoms in total. The highest BCUT2D eigenvalue weighted by atomic mass is 16.1. The second kappa shape index (κ2) is 11.9. The molecule has 0 aliphatic heterocycles. The Labute approximate surface area is 188 Å². The minimum Gasteiger partial charge on any atom is -0.360 e. The molecule has 2 heteroatoms. The number of aromatic nitrogens is 1. The van der Waals surface area contributed by atoms with Crippen LogP contribution in [0.4, 0.5) is 0 Å². The Morgan fingerprint density at radius 2 is 1.65 bits per heavy atom. The molecule has 0 amide bonds. The van der Waals surface area contributed by atoms with Gasteiger partial charge in [-0.2, -0.15) is 0 Å². The van der Waals surface area contributed by atoms with Gasteiger partial charge in [-0.25, -0.2) is 0 Å². The zero-order chi connectivity index (χ0) is 22.1. The number of hydrogen-bond acceptors (Lipinski definition) is 1. The van der Waals surface area contributed by atoms with E-state index in [0.29, 0.717) is 18.3 Å². The van der Waals surface area contributed by atoms with Crippen LogP contribution in [0.1, 0.15) is 99.5 Å². The van der Waals surface area contributed by atoms with Gasteiger partial charge in [-0.05, 0) is 54.7 Å². The van der Waals surface area contributed by atoms with E-state index in [2.05, 4.69) is 50.0 Å². The summed E-state index contributed by atoms with van der Waals surface area (Å²) < 4.78 is 0. The van der Waals surface area contributed by atoms with Crippen molar-refractivity contribution < 1.29 is 4.79 Å². The number of benzene rings is 2. The molecule has 0 fully saturated rings. The summed E-state index contributed by atoms with van der Waals surface area (Å²) in [5, 5.41) is 1.05. The van der Waals surface area contributed by atoms with Crippen LogP contribution in [0.2, 0.25) is 0 Å². The maximum Gasteiger partial charge on any atom is 0.165 e. The summed E-state index contributed by atoms with van der Waals surface area (Å²) in [4.78, 5) is 15.9. The van der Waals surface area contributed by atoms with Gasteiger partial charge in [0, 0.05) is 29.1 Å². The van der Waals surface area contributed by atoms with Gasteiger partial charge in [0.25, 0.3) is 0 Å². The first-order valence-electron chi connectivity index (χ1n) is 12.3. The van der Waals surface area contributed by atoms with Crippen molar-refractivity contribution in [3.8, 4) is 0 Å². The fourth-order valence-corrected chi connectivity index (χ4v) is 4.62. The predicted octanol–water partition coefficient (Wildman–Crippen LogP) is 8.47. The summed E-state index contributed by atoms with van der Waals surface area (Å²) >= 11 is 0. The number of aromatic amines is 1. The Morgan fingerprint density at radius 3 is 2.39 bits per heavy atom. The summed E-state index contributed by atoms with van der Waals surface area (Å²) in [6.45, 7) is 6.83. The third-order valence-electron chi connectivity index (χ3n) is 6.35. The molecule has 0 radical (unpaired) electrons. The van der Waals surface area contributed by atoms with Crippen molar-refractivity contribution in [2.45, 2.75) is 84.5 Å². The van der Waals surface area contributed by atoms with Gasteiger partial charge in [-0.3, -0.25) is 4.79 Å². The second-order valence-corrected chi connectivity index (χ2v) is 9.45. The summed E-state index contributed by atoms with van der Waals surface area (Å²) in [6, 6.07) is 17.4. The van der Waals surface area contributed by atoms with Gasteiger partial charge < -0.3 is 4.98 Å². The first-order valence-corrected chi connectivity index (χ1v) is 12.3. The third-order valence-corrected chi connectivity index (χ3v) is 6.35. The highest BCUT2D eigenvalue weighted by Gasteiger charge is 2.13. The fraction of sp³-hybridized carbons (Fsp3) is 0.483. The Hall–Kier alpha value is -2.35. The number of Topliss-reactive ketones (excluding diaryl/α,β-unsaturated/α-hetero) is 1. The van der Waals surface area contributed by atoms with Crippen LogP contribution in [0.3, 0.4) is 0 Å². The van der Waals surface area contributed by atoms with Crippen LogP contribution in [0, 0.1) is 5.92 Å². The minimum absolute atomic E-state index is 0.265. The summed E-state index contributed by atoms with van der Waals surface area (Å²) in [5.41, 5.74) is 4.83. The average molecular weight is 418 g/mol. The minimum atomic E-state index is 0.265. The number of hydrogen-bond donors (Lipinski definition) is 1. The second-order valence-electron chi connectivity index (χ2n) is 9.45. The quantitative estimate of drug-likeness (QED) is 0.219. The normalized spacial score (nSPS) is 12.5. The van der Waals surface area contributed by atoms with E-state index in [9.17, 15) is 4.79 Å². The molecule has 166 valence electrons. The SMILES string of the molecule is CCCCC(CCCCCC(=O)c1c[nH]c2ccccc12)c1ccc(CC(C)C)cc1. The van der Waals surface area contributed by atoms with E-state index < -0.39 is 0 Å². The highest BCUT2D eigenvalue weighted by molar-refractivity contribution is 6.07. The van der Waals surface area contributed by atoms with Crippen LogP contribution in [0.25, 0.3) is 10.9 Å². The number of nitrogens with one attached hydrogen (secondary N) is 1. The molecule has 1 aromatic heterocycles. The molecule has 0 saturated carbocycles. The number of fused-ring (bicyclic) bond motifs is 1. The molecule has 1 atom stereocenters. The summed E-state index contributed by atoms with van der Waals surface area (Å²) in [7, 11) is 0. The topological polar surface area (TPSA) is 32.9 Å². The monoisotopic (exact) mass is 417 g/mol. The largest absolute Gasteiger partial charge is 0.360 e. The van der Waals surface area contributed by atoms with Crippen LogP contribution in [0.15, 0.2) is 54.7 Å². The number of para-hydroxylation sites is 1. The summed E-state index contributed by atoms with van der Waals surface area (Å²) in [6.07, 6.45) is 12.0. The highest BCUT2D eigenvalue weighted by Crippen LogP contribution is 2.29. The van der Waals surface area contributed by atoms with E-state index in [1.54, 1.807) is 0 Å². The van der Waals surface area contributed by atoms with Crippen molar-refractivity contribution in [3.05, 3.63) is 71.4 Å². The standard InChI is InChI=1S/C29H39NO/c1-4-5-11-24(25-18-16-23(17-19-25)20-22(2)3)12-7-6-8-15-29(31)27-21-30-28-14-10-9-13-26(27)28/h9-10,13-14,16-19,21-22,24,30H,4-8,11-12,15,20H2,1-3H3. The molecule has 0 bridgehead atoms. The van der Waals surface area contributed by atoms with Crippen molar-refractivity contribution in [2.24, 2.45) is 5.92 Å². The maximum absolute atomic E-state index is 12.7. The lowest BCUT2D eigenvalue weighted by molar-refractivity contribution is 0.0980. The smallest absolute Gasteiger partial charge is 0.165 e. The van der Waals surface area contributed by atoms with E-state index in [1.165, 1.54) is 43.2 Å². The Bertz CT molecular complexity index is 935. The van der Waals surface area contributed by atoms with Crippen molar-refractivity contribution >= 4 is 16.7 Å². The van der Waals surface area contributed by atoms with Crippen molar-refractivity contribution in [1.82, 2.24) is 4.98 Å². The number of ketones is 1. The number of H-pyrrole nitrogens is 1. The van der Waals surface area contributed by atoms with Crippen LogP contribution in [-0.4, -0.2) is 10.8 Å². The lowest BCUT2D eigenvalue weighted by Crippen LogP contribution is -2.02. The molecule has 2 aromatic carbocycles. The van der Waals surface area contributed by atoms with Gasteiger partial charge in [0.05, 0.1) is 0 Å². The number of carbonyl (C=O) groups is 1. The first-order chi connectivity index (χ1) is 15.1. The van der Waals surface area contributed by atoms with Crippen molar-refractivity contribution in [2.75, 3.05) is 0 Å². The molecule has 3 aromatic rings. The maximum atomic E-state index is 12.7. The fourth-order valence-electron chi connectivity index (χ4n) is 4.62. The van der Waals surface area contributed by atoms with Gasteiger partial charge in [-0.15, -0.1) is 0 Å². The Kier molecular flexibility index (Phi) is 8.94. The van der Waals surface area contributed by atoms with Crippen molar-refractivity contribution in [3.63, 3.8) is 0 Å². The molecule has 1 heterocycles. The van der Waals surface area contributed by atoms with Crippen LogP contribution < -0.4 is 0 Å². The Balaban J connectivity index is 1.47. The van der Waals surface area contributed by atoms with Gasteiger partial charge in [0.2, 0.25) is 0 Å². The molecule has 0 aliphatic rings. The first kappa shape index (κ1) is 23.3. The molecule has 0 spiro atoms. The third kappa shape index (κ3) is 6.82. The zero-order valence-electron chi connectivity index (χ0n) is 19.6. The van der Waals surface area contributed by atoms with E-state index >= 15 is 0 Å². The number of carbonyl (C=O) groups excluding carboxylic acids is 1. The molecule has 31 heavy (non-hydrogen) atoms. The molecular weight excluding hydrogens is 378 g/mol. The van der Waals surface area contributed by atoms with E-state index in [4.69, 9.17) is 0 Å². The lowest BCUT2D eigenvalue weighted by Gasteiger charge is -2.18. The zero-order valence-corrected chi connectivity index (χ0v) is 19.6. The molecular formula is C29H39NO. The van der Waals surface area contributed by atoms with Crippen LogP contribution in [-0.2, 0) is 6.42 Å². The average Bonchev–Trinajstić information content (AvgIpc) is 3.20. The van der Waals surface area contributed by atoms with Crippen LogP contribution in [0.5, 0.6) is 0 Å². The van der Waals surface area contributed by atoms with Gasteiger partial charge in [0.1, 0.15) is 0 Å². The predicted molar refractivity (Wildman–Crippen MR) is 133 cm³/mol. The Morgan fingerprint density at radius 1 is 0.903 bits per heavy atom.